The summed E-state index contributed by atoms with van der Waals surface area (Å²) in [5.74, 6) is 1.54. The minimum Gasteiger partial charge on any atom is -0.448 e. The van der Waals surface area contributed by atoms with Gasteiger partial charge in [-0.3, -0.25) is 19.2 Å². The smallest absolute Gasteiger partial charge is 0.254 e. The number of benzene rings is 2. The molecule has 2 aromatic heterocycles. The second kappa shape index (κ2) is 22.3. The van der Waals surface area contributed by atoms with E-state index in [0.29, 0.717) is 98.1 Å². The van der Waals surface area contributed by atoms with E-state index in [1.165, 1.54) is 12.7 Å². The molecular formula is C66H80N8O8. The van der Waals surface area contributed by atoms with Crippen molar-refractivity contribution in [2.24, 2.45) is 11.8 Å². The molecular weight excluding hydrogens is 1030 g/mol. The quantitative estimate of drug-likeness (QED) is 0.147. The molecule has 4 aromatic rings. The van der Waals surface area contributed by atoms with Crippen LogP contribution in [0.25, 0.3) is 22.3 Å². The van der Waals surface area contributed by atoms with Crippen LogP contribution in [-0.2, 0) is 22.4 Å². The summed E-state index contributed by atoms with van der Waals surface area (Å²) in [6.07, 6.45) is 24.8. The molecule has 16 heteroatoms. The van der Waals surface area contributed by atoms with Gasteiger partial charge in [-0.25, -0.2) is 19.9 Å². The Balaban J connectivity index is 0.000000172. The number of amides is 2. The van der Waals surface area contributed by atoms with Gasteiger partial charge in [-0.15, -0.1) is 0 Å². The number of hydrogen-bond donors (Lipinski definition) is 0. The number of aromatic nitrogens is 4. The van der Waals surface area contributed by atoms with Gasteiger partial charge >= 0.3 is 0 Å². The Bertz CT molecular complexity index is 3160. The van der Waals surface area contributed by atoms with E-state index >= 15 is 0 Å². The maximum Gasteiger partial charge on any atom is 0.254 e. The molecule has 0 radical (unpaired) electrons. The molecule has 0 saturated heterocycles. The molecule has 4 aliphatic heterocycles. The maximum atomic E-state index is 14.2. The van der Waals surface area contributed by atoms with E-state index in [1.807, 2.05) is 65.2 Å². The standard InChI is InChI=1S/2C33H40N4O4/c2*1-19-13-20(2)26(27(38)14-19)17-37-12-11-25-28(32(37)39)21(3)30-31(29(25)22-15-34-18-35-16-22)41-33(4,40-30)23-7-9-24(10-8-23)36(5)6/h2*13,15-16,18,23-24H,7-12,14,17H2,1-6H3/t2*23?,24?,33-/m10/s1. The van der Waals surface area contributed by atoms with Crippen molar-refractivity contribution in [1.82, 2.24) is 39.5 Å². The van der Waals surface area contributed by atoms with Crippen molar-refractivity contribution >= 4 is 23.4 Å². The van der Waals surface area contributed by atoms with E-state index < -0.39 is 11.6 Å². The van der Waals surface area contributed by atoms with E-state index in [-0.39, 0.29) is 35.2 Å². The van der Waals surface area contributed by atoms with Crippen LogP contribution in [0.15, 0.2) is 83.0 Å². The van der Waals surface area contributed by atoms with Gasteiger partial charge in [0.05, 0.1) is 11.1 Å². The Labute approximate surface area is 483 Å². The summed E-state index contributed by atoms with van der Waals surface area (Å²) in [4.78, 5) is 79.5. The number of ether oxygens (including phenoxy) is 4. The fourth-order valence-electron chi connectivity index (χ4n) is 14.5. The maximum absolute atomic E-state index is 14.2. The summed E-state index contributed by atoms with van der Waals surface area (Å²) in [5.41, 5.74) is 13.6. The van der Waals surface area contributed by atoms with Crippen molar-refractivity contribution in [3.63, 3.8) is 0 Å². The molecule has 12 rings (SSSR count). The monoisotopic (exact) mass is 1110 g/mol. The van der Waals surface area contributed by atoms with E-state index in [9.17, 15) is 19.2 Å². The number of carbonyl (C=O) groups is 4. The number of rotatable bonds is 10. The zero-order valence-electron chi connectivity index (χ0n) is 50.1. The van der Waals surface area contributed by atoms with Gasteiger partial charge in [-0.2, -0.15) is 0 Å². The van der Waals surface area contributed by atoms with Crippen LogP contribution < -0.4 is 18.9 Å². The van der Waals surface area contributed by atoms with Crippen molar-refractivity contribution < 1.29 is 38.1 Å². The predicted octanol–water partition coefficient (Wildman–Crippen LogP) is 10.6. The highest BCUT2D eigenvalue weighted by Gasteiger charge is 2.51. The first-order chi connectivity index (χ1) is 39.1. The molecule has 16 nitrogen and oxygen atoms in total. The Morgan fingerprint density at radius 1 is 0.500 bits per heavy atom. The number of ketones is 2. The Hall–Kier alpha value is -7.04. The Morgan fingerprint density at radius 2 is 0.841 bits per heavy atom. The van der Waals surface area contributed by atoms with Crippen LogP contribution in [0.4, 0.5) is 0 Å². The van der Waals surface area contributed by atoms with E-state index in [4.69, 9.17) is 18.9 Å². The molecule has 8 aliphatic rings. The molecule has 0 unspecified atom stereocenters. The number of fused-ring (bicyclic) bond motifs is 4. The highest BCUT2D eigenvalue weighted by atomic mass is 16.7. The number of nitrogens with zero attached hydrogens (tertiary/aromatic N) is 8. The lowest BCUT2D eigenvalue weighted by Gasteiger charge is -2.39. The van der Waals surface area contributed by atoms with Crippen LogP contribution >= 0.6 is 0 Å². The van der Waals surface area contributed by atoms with E-state index in [2.05, 4.69) is 70.1 Å². The topological polar surface area (TPSA) is 170 Å². The fraction of sp³-hybridized carbons (Fsp3) is 0.515. The Kier molecular flexibility index (Phi) is 15.4. The Morgan fingerprint density at radius 3 is 1.17 bits per heavy atom. The third kappa shape index (κ3) is 10.4. The molecule has 2 atom stereocenters. The number of Topliss-reactive ketones (excluding diaryl/α,β-unsaturated/α-hetero) is 2. The minimum absolute atomic E-state index is 0.0762. The summed E-state index contributed by atoms with van der Waals surface area (Å²) < 4.78 is 27.1. The summed E-state index contributed by atoms with van der Waals surface area (Å²) in [7, 11) is 8.58. The number of hydrogen-bond acceptors (Lipinski definition) is 14. The first-order valence-electron chi connectivity index (χ1n) is 29.5. The molecule has 0 spiro atoms. The van der Waals surface area contributed by atoms with Crippen LogP contribution in [0, 0.1) is 25.7 Å². The molecule has 432 valence electrons. The molecule has 0 bridgehead atoms. The van der Waals surface area contributed by atoms with Crippen LogP contribution in [0.2, 0.25) is 0 Å². The third-order valence-electron chi connectivity index (χ3n) is 19.2. The molecule has 2 fully saturated rings. The predicted molar refractivity (Wildman–Crippen MR) is 314 cm³/mol. The van der Waals surface area contributed by atoms with Crippen molar-refractivity contribution in [3.8, 4) is 45.3 Å². The molecule has 2 aromatic carbocycles. The van der Waals surface area contributed by atoms with Crippen molar-refractivity contribution in [3.05, 3.63) is 116 Å². The van der Waals surface area contributed by atoms with Gasteiger partial charge in [0, 0.05) is 146 Å². The highest BCUT2D eigenvalue weighted by molar-refractivity contribution is 6.06. The van der Waals surface area contributed by atoms with Gasteiger partial charge in [-0.05, 0) is 156 Å². The van der Waals surface area contributed by atoms with Crippen LogP contribution in [-0.4, -0.2) is 141 Å². The summed E-state index contributed by atoms with van der Waals surface area (Å²) >= 11 is 0. The highest BCUT2D eigenvalue weighted by Crippen LogP contribution is 2.57. The summed E-state index contributed by atoms with van der Waals surface area (Å²) in [5, 5.41) is 0. The van der Waals surface area contributed by atoms with Crippen LogP contribution in [0.1, 0.15) is 149 Å². The van der Waals surface area contributed by atoms with Crippen molar-refractivity contribution in [1.29, 1.82) is 0 Å². The minimum atomic E-state index is -0.817. The van der Waals surface area contributed by atoms with Gasteiger partial charge in [-0.1, -0.05) is 23.3 Å². The average molecular weight is 1110 g/mol. The molecule has 82 heavy (non-hydrogen) atoms. The zero-order valence-corrected chi connectivity index (χ0v) is 50.1. The molecule has 2 amide bonds. The van der Waals surface area contributed by atoms with E-state index in [1.54, 1.807) is 24.8 Å². The SMILES string of the molecule is CC1=CC(C)=C(CN2CCc3c(c(C)c4c(c3-c3cncnc3)O[C@@](C)(C3CCC(N(C)C)CC3)O4)C2=O)C(=O)C1.CC1=CC(C)=C(CN2CCc3c(c(C)c4c(c3-c3cncnc3)O[C@](C)(C3CCC(N(C)C)CC3)O4)C2=O)C(=O)C1. The largest absolute Gasteiger partial charge is 0.448 e. The fourth-order valence-corrected chi connectivity index (χ4v) is 14.5. The molecule has 4 aliphatic carbocycles. The first-order valence-corrected chi connectivity index (χ1v) is 29.5. The van der Waals surface area contributed by atoms with Crippen LogP contribution in [0.3, 0.4) is 0 Å². The molecule has 2 saturated carbocycles. The van der Waals surface area contributed by atoms with Gasteiger partial charge in [0.1, 0.15) is 12.7 Å². The number of allylic oxidation sites excluding steroid dienone is 6. The van der Waals surface area contributed by atoms with Crippen molar-refractivity contribution in [2.45, 2.75) is 156 Å². The second-order valence-electron chi connectivity index (χ2n) is 25.1. The second-order valence-corrected chi connectivity index (χ2v) is 25.1. The zero-order chi connectivity index (χ0) is 58.1. The van der Waals surface area contributed by atoms with Gasteiger partial charge in [0.25, 0.3) is 23.4 Å². The lowest BCUT2D eigenvalue weighted by Crippen LogP contribution is -2.46. The van der Waals surface area contributed by atoms with Gasteiger partial charge < -0.3 is 38.5 Å². The lowest BCUT2D eigenvalue weighted by atomic mass is 9.81. The first kappa shape index (κ1) is 56.8. The summed E-state index contributed by atoms with van der Waals surface area (Å²) in [6.45, 7) is 17.6. The summed E-state index contributed by atoms with van der Waals surface area (Å²) in [6, 6.07) is 1.14. The van der Waals surface area contributed by atoms with Crippen molar-refractivity contribution in [2.75, 3.05) is 54.4 Å². The average Bonchev–Trinajstić information content (AvgIpc) is 3.45. The van der Waals surface area contributed by atoms with Crippen LogP contribution in [0.5, 0.6) is 23.0 Å². The normalized spacial score (nSPS) is 26.0. The van der Waals surface area contributed by atoms with E-state index in [0.717, 1.165) is 129 Å². The van der Waals surface area contributed by atoms with Gasteiger partial charge in [0.15, 0.2) is 34.6 Å². The number of carbonyl (C=O) groups excluding carboxylic acids is 4. The van der Waals surface area contributed by atoms with Gasteiger partial charge in [0.2, 0.25) is 0 Å². The molecule has 6 heterocycles. The third-order valence-corrected chi connectivity index (χ3v) is 19.2. The molecule has 0 N–H and O–H groups in total. The lowest BCUT2D eigenvalue weighted by molar-refractivity contribution is -0.123.